The number of carbonyl (C=O) groups excluding carboxylic acids is 1. The van der Waals surface area contributed by atoms with E-state index in [0.29, 0.717) is 19.5 Å². The minimum atomic E-state index is -0.771. The Labute approximate surface area is 118 Å². The van der Waals surface area contributed by atoms with Crippen molar-refractivity contribution in [2.24, 2.45) is 11.3 Å². The number of rotatable bonds is 2. The molecule has 108 valence electrons. The fraction of sp³-hybridized carbons (Fsp3) is 0.562. The third kappa shape index (κ3) is 2.39. The number of carbonyl (C=O) groups is 1. The van der Waals surface area contributed by atoms with Gasteiger partial charge in [-0.05, 0) is 23.8 Å². The van der Waals surface area contributed by atoms with Crippen LogP contribution < -0.4 is 0 Å². The van der Waals surface area contributed by atoms with Gasteiger partial charge in [-0.15, -0.1) is 0 Å². The normalized spacial score (nSPS) is 32.2. The lowest BCUT2D eigenvalue weighted by molar-refractivity contribution is 0.0985. The molecule has 3 nitrogen and oxygen atoms in total. The minimum Gasteiger partial charge on any atom is -0.445 e. The van der Waals surface area contributed by atoms with Gasteiger partial charge < -0.3 is 9.64 Å². The van der Waals surface area contributed by atoms with E-state index in [0.717, 1.165) is 12.0 Å². The van der Waals surface area contributed by atoms with E-state index in [1.54, 1.807) is 4.90 Å². The average molecular weight is 277 g/mol. The van der Waals surface area contributed by atoms with Gasteiger partial charge in [0.2, 0.25) is 0 Å². The molecule has 20 heavy (non-hydrogen) atoms. The van der Waals surface area contributed by atoms with Gasteiger partial charge in [0.25, 0.3) is 0 Å². The molecule has 2 fully saturated rings. The van der Waals surface area contributed by atoms with Crippen LogP contribution in [0.5, 0.6) is 0 Å². The molecule has 1 aliphatic heterocycles. The predicted molar refractivity (Wildman–Crippen MR) is 73.9 cm³/mol. The summed E-state index contributed by atoms with van der Waals surface area (Å²) in [6.45, 7) is 3.47. The number of halogens is 1. The smallest absolute Gasteiger partial charge is 0.410 e. The van der Waals surface area contributed by atoms with E-state index in [2.05, 4.69) is 6.92 Å². The summed E-state index contributed by atoms with van der Waals surface area (Å²) in [7, 11) is 0. The van der Waals surface area contributed by atoms with E-state index in [1.165, 1.54) is 0 Å². The maximum absolute atomic E-state index is 13.8. The van der Waals surface area contributed by atoms with Crippen molar-refractivity contribution in [2.45, 2.75) is 32.5 Å². The highest BCUT2D eigenvalue weighted by atomic mass is 19.1. The lowest BCUT2D eigenvalue weighted by atomic mass is 9.83. The Morgan fingerprint density at radius 2 is 2.20 bits per heavy atom. The second kappa shape index (κ2) is 5.08. The summed E-state index contributed by atoms with van der Waals surface area (Å²) in [4.78, 5) is 13.7. The van der Waals surface area contributed by atoms with E-state index >= 15 is 0 Å². The molecule has 4 heteroatoms. The lowest BCUT2D eigenvalue weighted by Gasteiger charge is -2.22. The van der Waals surface area contributed by atoms with Crippen LogP contribution in [0.2, 0.25) is 0 Å². The molecule has 1 aromatic carbocycles. The van der Waals surface area contributed by atoms with Gasteiger partial charge in [-0.25, -0.2) is 9.18 Å². The summed E-state index contributed by atoms with van der Waals surface area (Å²) in [5.41, 5.74) is 0.903. The number of nitrogens with zero attached hydrogens (tertiary/aromatic N) is 1. The van der Waals surface area contributed by atoms with Crippen LogP contribution >= 0.6 is 0 Å². The molecule has 1 aromatic rings. The molecule has 1 aliphatic carbocycles. The van der Waals surface area contributed by atoms with Gasteiger partial charge in [0.1, 0.15) is 12.8 Å². The molecular weight excluding hydrogens is 257 g/mol. The highest BCUT2D eigenvalue weighted by Crippen LogP contribution is 2.49. The third-order valence-electron chi connectivity index (χ3n) is 4.76. The van der Waals surface area contributed by atoms with Crippen molar-refractivity contribution >= 4 is 6.09 Å². The van der Waals surface area contributed by atoms with Crippen molar-refractivity contribution in [1.82, 2.24) is 4.90 Å². The maximum atomic E-state index is 13.8. The van der Waals surface area contributed by atoms with E-state index in [4.69, 9.17) is 4.74 Å². The average Bonchev–Trinajstić information content (AvgIpc) is 2.94. The van der Waals surface area contributed by atoms with E-state index in [1.807, 2.05) is 30.3 Å². The molecule has 1 amide bonds. The number of amides is 1. The second-order valence-corrected chi connectivity index (χ2v) is 6.24. The van der Waals surface area contributed by atoms with Gasteiger partial charge in [-0.1, -0.05) is 37.3 Å². The summed E-state index contributed by atoms with van der Waals surface area (Å²) in [6, 6.07) is 9.60. The maximum Gasteiger partial charge on any atom is 0.410 e. The Morgan fingerprint density at radius 1 is 1.45 bits per heavy atom. The van der Waals surface area contributed by atoms with Gasteiger partial charge in [0.15, 0.2) is 0 Å². The van der Waals surface area contributed by atoms with Gasteiger partial charge in [0.05, 0.1) is 0 Å². The van der Waals surface area contributed by atoms with Crippen molar-refractivity contribution in [2.75, 3.05) is 13.1 Å². The fourth-order valence-corrected chi connectivity index (χ4v) is 3.51. The first-order valence-corrected chi connectivity index (χ1v) is 7.18. The van der Waals surface area contributed by atoms with Gasteiger partial charge >= 0.3 is 6.09 Å². The van der Waals surface area contributed by atoms with Crippen LogP contribution in [0.1, 0.15) is 25.3 Å². The fourth-order valence-electron chi connectivity index (χ4n) is 3.51. The van der Waals surface area contributed by atoms with Crippen LogP contribution in [0.4, 0.5) is 9.18 Å². The highest BCUT2D eigenvalue weighted by molar-refractivity contribution is 5.68. The number of alkyl halides is 1. The molecule has 0 spiro atoms. The first kappa shape index (κ1) is 13.4. The molecule has 1 heterocycles. The zero-order valence-electron chi connectivity index (χ0n) is 11.7. The number of hydrogen-bond donors (Lipinski definition) is 0. The topological polar surface area (TPSA) is 29.5 Å². The molecule has 3 rings (SSSR count). The molecule has 0 radical (unpaired) electrons. The Balaban J connectivity index is 1.57. The number of benzene rings is 1. The molecule has 2 aliphatic rings. The van der Waals surface area contributed by atoms with E-state index in [-0.39, 0.29) is 24.0 Å². The Morgan fingerprint density at radius 3 is 2.90 bits per heavy atom. The molecule has 0 N–H and O–H groups in total. The number of ether oxygens (including phenoxy) is 1. The zero-order valence-corrected chi connectivity index (χ0v) is 11.7. The monoisotopic (exact) mass is 277 g/mol. The molecule has 0 bridgehead atoms. The Kier molecular flexibility index (Phi) is 3.40. The third-order valence-corrected chi connectivity index (χ3v) is 4.76. The van der Waals surface area contributed by atoms with Crippen molar-refractivity contribution in [1.29, 1.82) is 0 Å². The highest BCUT2D eigenvalue weighted by Gasteiger charge is 2.52. The SMILES string of the molecule is CC12CC[C@@H](F)[C@@H]1CN(C(=O)OCc1ccccc1)C2. The van der Waals surface area contributed by atoms with Gasteiger partial charge in [-0.2, -0.15) is 0 Å². The zero-order chi connectivity index (χ0) is 14.2. The molecule has 3 atom stereocenters. The summed E-state index contributed by atoms with van der Waals surface area (Å²) in [5.74, 6) is -0.0215. The van der Waals surface area contributed by atoms with Crippen LogP contribution in [-0.2, 0) is 11.3 Å². The Bertz CT molecular complexity index is 493. The number of hydrogen-bond acceptors (Lipinski definition) is 2. The number of likely N-dealkylation sites (tertiary alicyclic amines) is 1. The molecule has 1 unspecified atom stereocenters. The lowest BCUT2D eigenvalue weighted by Crippen LogP contribution is -2.31. The van der Waals surface area contributed by atoms with Crippen LogP contribution in [0.3, 0.4) is 0 Å². The van der Waals surface area contributed by atoms with Crippen molar-refractivity contribution < 1.29 is 13.9 Å². The quantitative estimate of drug-likeness (QED) is 0.829. The summed E-state index contributed by atoms with van der Waals surface area (Å²) >= 11 is 0. The van der Waals surface area contributed by atoms with Gasteiger partial charge in [0, 0.05) is 19.0 Å². The van der Waals surface area contributed by atoms with E-state index in [9.17, 15) is 9.18 Å². The predicted octanol–water partition coefficient (Wildman–Crippen LogP) is 3.39. The van der Waals surface area contributed by atoms with E-state index < -0.39 is 6.17 Å². The molecule has 1 saturated carbocycles. The van der Waals surface area contributed by atoms with Crippen LogP contribution in [0, 0.1) is 11.3 Å². The largest absolute Gasteiger partial charge is 0.445 e. The summed E-state index contributed by atoms with van der Waals surface area (Å²) in [5, 5.41) is 0. The first-order chi connectivity index (χ1) is 9.58. The van der Waals surface area contributed by atoms with Gasteiger partial charge in [-0.3, -0.25) is 0 Å². The molecular formula is C16H20FNO2. The van der Waals surface area contributed by atoms with Crippen molar-refractivity contribution in [3.8, 4) is 0 Å². The van der Waals surface area contributed by atoms with Crippen molar-refractivity contribution in [3.63, 3.8) is 0 Å². The van der Waals surface area contributed by atoms with Crippen LogP contribution in [0.15, 0.2) is 30.3 Å². The van der Waals surface area contributed by atoms with Crippen LogP contribution in [0.25, 0.3) is 0 Å². The molecule has 0 aromatic heterocycles. The first-order valence-electron chi connectivity index (χ1n) is 7.18. The van der Waals surface area contributed by atoms with Crippen molar-refractivity contribution in [3.05, 3.63) is 35.9 Å². The summed E-state index contributed by atoms with van der Waals surface area (Å²) < 4.78 is 19.2. The minimum absolute atomic E-state index is 0.0215. The standard InChI is InChI=1S/C16H20FNO2/c1-16-8-7-14(17)13(16)9-18(11-16)15(19)20-10-12-5-3-2-4-6-12/h2-6,13-14H,7-11H2,1H3/t13-,14+,16?/m0/s1. The Hall–Kier alpha value is -1.58. The summed E-state index contributed by atoms with van der Waals surface area (Å²) in [6.07, 6.45) is 0.402. The second-order valence-electron chi connectivity index (χ2n) is 6.24. The van der Waals surface area contributed by atoms with Crippen LogP contribution in [-0.4, -0.2) is 30.3 Å². The molecule has 1 saturated heterocycles. The number of fused-ring (bicyclic) bond motifs is 1.